The summed E-state index contributed by atoms with van der Waals surface area (Å²) in [6, 6.07) is 14.2. The van der Waals surface area contributed by atoms with Crippen molar-refractivity contribution in [1.82, 2.24) is 5.32 Å². The molecule has 0 fully saturated rings. The Hall–Kier alpha value is -1.97. The summed E-state index contributed by atoms with van der Waals surface area (Å²) < 4.78 is 24.7. The standard InChI is InChI=1S/C19H22ClN3O4S/c20-15-3-1-14(2-4-15)18-9-11-23(22-18)16-5-7-17(8-6-16)28(26,27)12-10-21-13-19(24)25/h1-8,19,21,24-25H,9-13H2. The van der Waals surface area contributed by atoms with Gasteiger partial charge in [0.15, 0.2) is 16.1 Å². The molecular formula is C19H22ClN3O4S. The fourth-order valence-electron chi connectivity index (χ4n) is 2.87. The lowest BCUT2D eigenvalue weighted by atomic mass is 10.1. The van der Waals surface area contributed by atoms with Gasteiger partial charge in [0.25, 0.3) is 0 Å². The van der Waals surface area contributed by atoms with Crippen molar-refractivity contribution in [1.29, 1.82) is 0 Å². The average molecular weight is 424 g/mol. The second-order valence-electron chi connectivity index (χ2n) is 6.42. The number of benzene rings is 2. The molecule has 0 spiro atoms. The molecule has 3 rings (SSSR count). The van der Waals surface area contributed by atoms with E-state index in [0.717, 1.165) is 29.9 Å². The number of halogens is 1. The molecule has 1 heterocycles. The lowest BCUT2D eigenvalue weighted by Crippen LogP contribution is -2.30. The number of anilines is 1. The molecule has 1 aliphatic rings. The molecule has 3 N–H and O–H groups in total. The average Bonchev–Trinajstić information content (AvgIpc) is 3.16. The van der Waals surface area contributed by atoms with Gasteiger partial charge in [-0.15, -0.1) is 0 Å². The van der Waals surface area contributed by atoms with E-state index in [9.17, 15) is 8.42 Å². The van der Waals surface area contributed by atoms with Crippen molar-refractivity contribution in [2.45, 2.75) is 17.6 Å². The number of hydrazone groups is 1. The van der Waals surface area contributed by atoms with Crippen molar-refractivity contribution < 1.29 is 18.6 Å². The molecular weight excluding hydrogens is 402 g/mol. The summed E-state index contributed by atoms with van der Waals surface area (Å²) in [7, 11) is -3.45. The Bertz CT molecular complexity index is 929. The fourth-order valence-corrected chi connectivity index (χ4v) is 4.20. The lowest BCUT2D eigenvalue weighted by Gasteiger charge is -2.14. The molecule has 7 nitrogen and oxygen atoms in total. The molecule has 0 saturated heterocycles. The molecule has 9 heteroatoms. The number of hydrogen-bond acceptors (Lipinski definition) is 7. The highest BCUT2D eigenvalue weighted by molar-refractivity contribution is 7.91. The summed E-state index contributed by atoms with van der Waals surface area (Å²) in [6.45, 7) is 0.789. The highest BCUT2D eigenvalue weighted by atomic mass is 35.5. The van der Waals surface area contributed by atoms with Crippen molar-refractivity contribution >= 4 is 32.8 Å². The van der Waals surface area contributed by atoms with Gasteiger partial charge in [0, 0.05) is 31.1 Å². The highest BCUT2D eigenvalue weighted by Crippen LogP contribution is 2.24. The Kier molecular flexibility index (Phi) is 6.69. The van der Waals surface area contributed by atoms with Gasteiger partial charge in [0.05, 0.1) is 22.0 Å². The largest absolute Gasteiger partial charge is 0.367 e. The Morgan fingerprint density at radius 2 is 1.79 bits per heavy atom. The van der Waals surface area contributed by atoms with E-state index in [1.165, 1.54) is 0 Å². The number of hydrogen-bond donors (Lipinski definition) is 3. The van der Waals surface area contributed by atoms with Gasteiger partial charge in [-0.3, -0.25) is 5.01 Å². The first kappa shape index (κ1) is 20.8. The number of aliphatic hydroxyl groups excluding tert-OH is 1. The van der Waals surface area contributed by atoms with E-state index in [2.05, 4.69) is 10.4 Å². The maximum Gasteiger partial charge on any atom is 0.179 e. The Morgan fingerprint density at radius 3 is 2.43 bits per heavy atom. The minimum absolute atomic E-state index is 0.0720. The second kappa shape index (κ2) is 9.02. The third-order valence-corrected chi connectivity index (χ3v) is 6.33. The van der Waals surface area contributed by atoms with Crippen LogP contribution in [0.3, 0.4) is 0 Å². The van der Waals surface area contributed by atoms with E-state index in [4.69, 9.17) is 21.8 Å². The summed E-state index contributed by atoms with van der Waals surface area (Å²) in [6.07, 6.45) is -0.704. The molecule has 0 aliphatic carbocycles. The molecule has 0 saturated carbocycles. The monoisotopic (exact) mass is 423 g/mol. The molecule has 2 aromatic carbocycles. The van der Waals surface area contributed by atoms with Crippen LogP contribution in [0, 0.1) is 0 Å². The fraction of sp³-hybridized carbons (Fsp3) is 0.316. The molecule has 28 heavy (non-hydrogen) atoms. The van der Waals surface area contributed by atoms with E-state index in [-0.39, 0.29) is 23.7 Å². The van der Waals surface area contributed by atoms with Crippen molar-refractivity contribution in [3.05, 3.63) is 59.1 Å². The van der Waals surface area contributed by atoms with Crippen molar-refractivity contribution in [3.63, 3.8) is 0 Å². The Morgan fingerprint density at radius 1 is 1.11 bits per heavy atom. The van der Waals surface area contributed by atoms with Gasteiger partial charge in [-0.2, -0.15) is 5.10 Å². The molecule has 0 radical (unpaired) electrons. The van der Waals surface area contributed by atoms with Gasteiger partial charge < -0.3 is 15.5 Å². The zero-order valence-corrected chi connectivity index (χ0v) is 16.7. The molecule has 0 atom stereocenters. The number of aliphatic hydroxyl groups is 2. The smallest absolute Gasteiger partial charge is 0.179 e. The normalized spacial score (nSPS) is 14.6. The van der Waals surface area contributed by atoms with Gasteiger partial charge in [0.1, 0.15) is 0 Å². The van der Waals surface area contributed by atoms with Crippen LogP contribution in [0.25, 0.3) is 0 Å². The molecule has 0 amide bonds. The summed E-state index contributed by atoms with van der Waals surface area (Å²) in [5.41, 5.74) is 2.81. The minimum Gasteiger partial charge on any atom is -0.367 e. The quantitative estimate of drug-likeness (QED) is 0.440. The van der Waals surface area contributed by atoms with E-state index >= 15 is 0 Å². The van der Waals surface area contributed by atoms with E-state index in [1.54, 1.807) is 24.3 Å². The predicted molar refractivity (Wildman–Crippen MR) is 110 cm³/mol. The maximum atomic E-state index is 12.4. The summed E-state index contributed by atoms with van der Waals surface area (Å²) >= 11 is 5.92. The minimum atomic E-state index is -3.45. The van der Waals surface area contributed by atoms with Crippen molar-refractivity contribution in [2.24, 2.45) is 5.10 Å². The van der Waals surface area contributed by atoms with Crippen LogP contribution in [0.5, 0.6) is 0 Å². The van der Waals surface area contributed by atoms with Crippen LogP contribution in [-0.2, 0) is 9.84 Å². The topological polar surface area (TPSA) is 102 Å². The van der Waals surface area contributed by atoms with E-state index in [0.29, 0.717) is 5.02 Å². The number of nitrogens with one attached hydrogen (secondary N) is 1. The molecule has 150 valence electrons. The third kappa shape index (κ3) is 5.30. The van der Waals surface area contributed by atoms with Gasteiger partial charge in [0.2, 0.25) is 0 Å². The predicted octanol–water partition coefficient (Wildman–Crippen LogP) is 1.63. The second-order valence-corrected chi connectivity index (χ2v) is 8.97. The summed E-state index contributed by atoms with van der Waals surface area (Å²) in [5, 5.41) is 27.4. The first-order valence-corrected chi connectivity index (χ1v) is 10.9. The molecule has 2 aromatic rings. The number of rotatable bonds is 8. The molecule has 0 aromatic heterocycles. The van der Waals surface area contributed by atoms with Gasteiger partial charge in [-0.05, 0) is 42.0 Å². The van der Waals surface area contributed by atoms with Crippen molar-refractivity contribution in [3.8, 4) is 0 Å². The number of nitrogens with zero attached hydrogens (tertiary/aromatic N) is 2. The Balaban J connectivity index is 1.65. The Labute approximate surface area is 169 Å². The van der Waals surface area contributed by atoms with E-state index < -0.39 is 16.1 Å². The van der Waals surface area contributed by atoms with Crippen LogP contribution in [0.4, 0.5) is 5.69 Å². The zero-order valence-electron chi connectivity index (χ0n) is 15.1. The van der Waals surface area contributed by atoms with Crippen LogP contribution in [0.15, 0.2) is 58.5 Å². The zero-order chi connectivity index (χ0) is 20.1. The lowest BCUT2D eigenvalue weighted by molar-refractivity contribution is -0.0367. The maximum absolute atomic E-state index is 12.4. The van der Waals surface area contributed by atoms with Gasteiger partial charge >= 0.3 is 0 Å². The van der Waals surface area contributed by atoms with Crippen LogP contribution in [0.2, 0.25) is 5.02 Å². The van der Waals surface area contributed by atoms with Crippen LogP contribution >= 0.6 is 11.6 Å². The van der Waals surface area contributed by atoms with Crippen LogP contribution in [-0.4, -0.2) is 56.0 Å². The number of sulfone groups is 1. The van der Waals surface area contributed by atoms with E-state index in [1.807, 2.05) is 29.3 Å². The highest BCUT2D eigenvalue weighted by Gasteiger charge is 2.19. The van der Waals surface area contributed by atoms with Crippen molar-refractivity contribution in [2.75, 3.05) is 30.4 Å². The summed E-state index contributed by atoms with van der Waals surface area (Å²) in [5.74, 6) is -0.123. The molecule has 0 unspecified atom stereocenters. The third-order valence-electron chi connectivity index (χ3n) is 4.35. The first-order valence-electron chi connectivity index (χ1n) is 8.86. The van der Waals surface area contributed by atoms with Gasteiger partial charge in [-0.1, -0.05) is 23.7 Å². The SMILES string of the molecule is O=S(=O)(CCNCC(O)O)c1ccc(N2CCC(c3ccc(Cl)cc3)=N2)cc1. The van der Waals surface area contributed by atoms with Gasteiger partial charge in [-0.25, -0.2) is 8.42 Å². The first-order chi connectivity index (χ1) is 13.3. The summed E-state index contributed by atoms with van der Waals surface area (Å²) in [4.78, 5) is 0.226. The molecule has 0 bridgehead atoms. The molecule has 1 aliphatic heterocycles. The van der Waals surface area contributed by atoms with Crippen LogP contribution in [0.1, 0.15) is 12.0 Å². The van der Waals surface area contributed by atoms with Crippen LogP contribution < -0.4 is 10.3 Å².